The van der Waals surface area contributed by atoms with E-state index in [-0.39, 0.29) is 5.78 Å². The molecule has 0 amide bonds. The summed E-state index contributed by atoms with van der Waals surface area (Å²) in [4.78, 5) is 12.8. The highest BCUT2D eigenvalue weighted by atomic mass is 79.9. The Kier molecular flexibility index (Phi) is 3.33. The molecular weight excluding hydrogens is 310 g/mol. The number of anilines is 1. The highest BCUT2D eigenvalue weighted by Gasteiger charge is 2.14. The Bertz CT molecular complexity index is 532. The minimum Gasteiger partial charge on any atom is -0.399 e. The molecule has 1 aromatic carbocycles. The molecule has 0 aliphatic carbocycles. The molecule has 0 atom stereocenters. The Hall–Kier alpha value is -0.840. The lowest BCUT2D eigenvalue weighted by molar-refractivity contribution is 0.104. The van der Waals surface area contributed by atoms with Gasteiger partial charge in [0, 0.05) is 20.7 Å². The molecule has 0 aliphatic rings. The molecule has 2 aromatic rings. The predicted octanol–water partition coefficient (Wildman–Crippen LogP) is 3.98. The van der Waals surface area contributed by atoms with E-state index in [1.165, 1.54) is 11.3 Å². The molecule has 0 spiro atoms. The van der Waals surface area contributed by atoms with Crippen molar-refractivity contribution in [2.45, 2.75) is 0 Å². The molecule has 16 heavy (non-hydrogen) atoms. The molecule has 0 unspecified atom stereocenters. The van der Waals surface area contributed by atoms with Gasteiger partial charge < -0.3 is 5.73 Å². The summed E-state index contributed by atoms with van der Waals surface area (Å²) in [7, 11) is 0. The zero-order valence-corrected chi connectivity index (χ0v) is 11.2. The van der Waals surface area contributed by atoms with E-state index < -0.39 is 0 Å². The molecule has 1 heterocycles. The Morgan fingerprint density at radius 2 is 2.12 bits per heavy atom. The molecule has 2 rings (SSSR count). The monoisotopic (exact) mass is 315 g/mol. The summed E-state index contributed by atoms with van der Waals surface area (Å²) < 4.78 is 0.793. The second-order valence-corrected chi connectivity index (χ2v) is 5.41. The summed E-state index contributed by atoms with van der Waals surface area (Å²) in [5.41, 5.74) is 6.64. The van der Waals surface area contributed by atoms with Gasteiger partial charge in [0.2, 0.25) is 5.78 Å². The topological polar surface area (TPSA) is 43.1 Å². The molecule has 0 radical (unpaired) electrons. The van der Waals surface area contributed by atoms with Gasteiger partial charge in [-0.2, -0.15) is 0 Å². The van der Waals surface area contributed by atoms with Crippen LogP contribution in [0.1, 0.15) is 15.2 Å². The first-order valence-electron chi connectivity index (χ1n) is 4.41. The van der Waals surface area contributed by atoms with Crippen molar-refractivity contribution >= 4 is 50.3 Å². The smallest absolute Gasteiger partial charge is 0.204 e. The maximum atomic E-state index is 12.1. The average Bonchev–Trinajstić information content (AvgIpc) is 2.62. The van der Waals surface area contributed by atoms with Crippen LogP contribution in [0.4, 0.5) is 5.69 Å². The van der Waals surface area contributed by atoms with Gasteiger partial charge >= 0.3 is 0 Å². The number of rotatable bonds is 2. The van der Waals surface area contributed by atoms with Crippen molar-refractivity contribution in [3.8, 4) is 0 Å². The molecule has 0 bridgehead atoms. The molecule has 0 saturated carbocycles. The minimum absolute atomic E-state index is 0.0731. The Morgan fingerprint density at radius 1 is 1.38 bits per heavy atom. The lowest BCUT2D eigenvalue weighted by atomic mass is 10.1. The van der Waals surface area contributed by atoms with Crippen LogP contribution >= 0.6 is 38.9 Å². The van der Waals surface area contributed by atoms with Crippen LogP contribution in [-0.2, 0) is 0 Å². The van der Waals surface area contributed by atoms with E-state index in [2.05, 4.69) is 15.9 Å². The van der Waals surface area contributed by atoms with Crippen molar-refractivity contribution in [2.75, 3.05) is 5.73 Å². The van der Waals surface area contributed by atoms with Gasteiger partial charge in [-0.15, -0.1) is 11.3 Å². The van der Waals surface area contributed by atoms with Crippen molar-refractivity contribution in [1.82, 2.24) is 0 Å². The van der Waals surface area contributed by atoms with E-state index >= 15 is 0 Å². The normalized spacial score (nSPS) is 10.4. The maximum Gasteiger partial charge on any atom is 0.204 e. The van der Waals surface area contributed by atoms with Gasteiger partial charge in [-0.25, -0.2) is 0 Å². The fourth-order valence-corrected chi connectivity index (χ4v) is 3.09. The molecule has 1 aromatic heterocycles. The van der Waals surface area contributed by atoms with Gasteiger partial charge in [0.05, 0.1) is 4.88 Å². The molecule has 82 valence electrons. The van der Waals surface area contributed by atoms with E-state index in [0.717, 1.165) is 4.47 Å². The number of hydrogen-bond acceptors (Lipinski definition) is 3. The van der Waals surface area contributed by atoms with Crippen molar-refractivity contribution in [2.24, 2.45) is 0 Å². The summed E-state index contributed by atoms with van der Waals surface area (Å²) in [6, 6.07) is 6.69. The number of thiophene rings is 1. The van der Waals surface area contributed by atoms with Crippen molar-refractivity contribution in [3.05, 3.63) is 49.6 Å². The number of carbonyl (C=O) groups excluding carboxylic acids is 1. The van der Waals surface area contributed by atoms with Gasteiger partial charge in [0.25, 0.3) is 0 Å². The van der Waals surface area contributed by atoms with E-state index in [4.69, 9.17) is 17.3 Å². The quantitative estimate of drug-likeness (QED) is 0.673. The largest absolute Gasteiger partial charge is 0.399 e. The number of halogens is 2. The molecule has 0 aliphatic heterocycles. The summed E-state index contributed by atoms with van der Waals surface area (Å²) >= 11 is 10.6. The number of nitrogen functional groups attached to an aromatic ring is 1. The molecule has 5 heteroatoms. The third-order valence-electron chi connectivity index (χ3n) is 2.01. The lowest BCUT2D eigenvalue weighted by Gasteiger charge is -2.02. The van der Waals surface area contributed by atoms with Gasteiger partial charge in [0.15, 0.2) is 0 Å². The SMILES string of the molecule is Nc1cc(Cl)cc(C(=O)c2sccc2Br)c1. The van der Waals surface area contributed by atoms with Crippen LogP contribution in [0.15, 0.2) is 34.1 Å². The molecule has 2 nitrogen and oxygen atoms in total. The van der Waals surface area contributed by atoms with Crippen LogP contribution in [0, 0.1) is 0 Å². The Balaban J connectivity index is 2.45. The fraction of sp³-hybridized carbons (Fsp3) is 0. The molecule has 2 N–H and O–H groups in total. The van der Waals surface area contributed by atoms with E-state index in [0.29, 0.717) is 21.2 Å². The second-order valence-electron chi connectivity index (χ2n) is 3.20. The summed E-state index contributed by atoms with van der Waals surface area (Å²) in [5.74, 6) is -0.0731. The van der Waals surface area contributed by atoms with Crippen LogP contribution < -0.4 is 5.73 Å². The summed E-state index contributed by atoms with van der Waals surface area (Å²) in [5, 5.41) is 2.32. The van der Waals surface area contributed by atoms with Gasteiger partial charge in [-0.1, -0.05) is 11.6 Å². The van der Waals surface area contributed by atoms with Crippen molar-refractivity contribution < 1.29 is 4.79 Å². The van der Waals surface area contributed by atoms with Gasteiger partial charge in [-0.05, 0) is 45.6 Å². The number of nitrogens with two attached hydrogens (primary N) is 1. The third-order valence-corrected chi connectivity index (χ3v) is 4.06. The van der Waals surface area contributed by atoms with Gasteiger partial charge in [-0.3, -0.25) is 4.79 Å². The summed E-state index contributed by atoms with van der Waals surface area (Å²) in [6.45, 7) is 0. The number of hydrogen-bond donors (Lipinski definition) is 1. The standard InChI is InChI=1S/C11H7BrClNOS/c12-9-1-2-16-11(9)10(15)6-3-7(13)5-8(14)4-6/h1-5H,14H2. The first-order valence-corrected chi connectivity index (χ1v) is 6.47. The van der Waals surface area contributed by atoms with E-state index in [9.17, 15) is 4.79 Å². The Labute approximate surface area is 110 Å². The van der Waals surface area contributed by atoms with Crippen LogP contribution in [-0.4, -0.2) is 5.78 Å². The van der Waals surface area contributed by atoms with Crippen molar-refractivity contribution in [1.29, 1.82) is 0 Å². The van der Waals surface area contributed by atoms with Crippen LogP contribution in [0.5, 0.6) is 0 Å². The minimum atomic E-state index is -0.0731. The maximum absolute atomic E-state index is 12.1. The summed E-state index contributed by atoms with van der Waals surface area (Å²) in [6.07, 6.45) is 0. The predicted molar refractivity (Wildman–Crippen MR) is 71.3 cm³/mol. The fourth-order valence-electron chi connectivity index (χ4n) is 1.33. The Morgan fingerprint density at radius 3 is 2.69 bits per heavy atom. The number of ketones is 1. The highest BCUT2D eigenvalue weighted by Crippen LogP contribution is 2.27. The van der Waals surface area contributed by atoms with Crippen molar-refractivity contribution in [3.63, 3.8) is 0 Å². The van der Waals surface area contributed by atoms with Gasteiger partial charge in [0.1, 0.15) is 0 Å². The lowest BCUT2D eigenvalue weighted by Crippen LogP contribution is -2.00. The first kappa shape index (κ1) is 11.6. The first-order chi connectivity index (χ1) is 7.58. The molecular formula is C11H7BrClNOS. The average molecular weight is 317 g/mol. The van der Waals surface area contributed by atoms with Crippen LogP contribution in [0.2, 0.25) is 5.02 Å². The van der Waals surface area contributed by atoms with E-state index in [1.54, 1.807) is 18.2 Å². The van der Waals surface area contributed by atoms with E-state index in [1.807, 2.05) is 11.4 Å². The second kappa shape index (κ2) is 4.57. The van der Waals surface area contributed by atoms with Crippen LogP contribution in [0.25, 0.3) is 0 Å². The zero-order chi connectivity index (χ0) is 11.7. The number of benzene rings is 1. The zero-order valence-electron chi connectivity index (χ0n) is 8.04. The molecule has 0 fully saturated rings. The third kappa shape index (κ3) is 2.29. The molecule has 0 saturated heterocycles. The van der Waals surface area contributed by atoms with Crippen LogP contribution in [0.3, 0.4) is 0 Å². The highest BCUT2D eigenvalue weighted by molar-refractivity contribution is 9.10. The number of carbonyl (C=O) groups is 1.